The molecule has 0 heterocycles. The number of benzene rings is 1. The fourth-order valence-corrected chi connectivity index (χ4v) is 4.25. The van der Waals surface area contributed by atoms with Crippen LogP contribution in [0, 0.1) is 19.3 Å². The minimum Gasteiger partial charge on any atom is -0.481 e. The van der Waals surface area contributed by atoms with Crippen LogP contribution in [-0.2, 0) is 27.2 Å². The number of unbranched alkanes of at least 4 members (excludes halogenated alkanes) is 4. The van der Waals surface area contributed by atoms with Gasteiger partial charge in [-0.15, -0.1) is 0 Å². The van der Waals surface area contributed by atoms with E-state index in [0.717, 1.165) is 64.2 Å². The van der Waals surface area contributed by atoms with Crippen LogP contribution in [-0.4, -0.2) is 23.1 Å². The highest BCUT2D eigenvalue weighted by Gasteiger charge is 2.44. The summed E-state index contributed by atoms with van der Waals surface area (Å²) in [7, 11) is 0. The molecular formula is C26H40O4. The Hall–Kier alpha value is -1.84. The molecule has 2 rings (SSSR count). The highest BCUT2D eigenvalue weighted by Crippen LogP contribution is 2.43. The number of carboxylic acids is 1. The maximum atomic E-state index is 11.2. The van der Waals surface area contributed by atoms with E-state index in [4.69, 9.17) is 4.74 Å². The molecule has 0 spiro atoms. The fourth-order valence-electron chi connectivity index (χ4n) is 4.25. The van der Waals surface area contributed by atoms with Crippen molar-refractivity contribution in [2.45, 2.75) is 110 Å². The molecular weight excluding hydrogens is 376 g/mol. The van der Waals surface area contributed by atoms with Crippen LogP contribution in [0.3, 0.4) is 0 Å². The zero-order chi connectivity index (χ0) is 22.2. The molecule has 30 heavy (non-hydrogen) atoms. The molecule has 1 N–H and O–H groups in total. The predicted molar refractivity (Wildman–Crippen MR) is 121 cm³/mol. The van der Waals surface area contributed by atoms with Crippen molar-refractivity contribution in [2.75, 3.05) is 0 Å². The normalized spacial score (nSPS) is 15.1. The van der Waals surface area contributed by atoms with Crippen molar-refractivity contribution in [3.63, 3.8) is 0 Å². The van der Waals surface area contributed by atoms with Gasteiger partial charge in [-0.3, -0.25) is 9.59 Å². The van der Waals surface area contributed by atoms with Crippen LogP contribution in [0.15, 0.2) is 12.1 Å². The molecule has 1 aliphatic carbocycles. The summed E-state index contributed by atoms with van der Waals surface area (Å²) < 4.78 is 5.22. The highest BCUT2D eigenvalue weighted by atomic mass is 16.5. The molecule has 0 atom stereocenters. The smallest absolute Gasteiger partial charge is 0.309 e. The van der Waals surface area contributed by atoms with Crippen LogP contribution in [0.25, 0.3) is 0 Å². The van der Waals surface area contributed by atoms with Crippen LogP contribution in [0.5, 0.6) is 0 Å². The van der Waals surface area contributed by atoms with Crippen molar-refractivity contribution in [2.24, 2.45) is 5.41 Å². The molecule has 1 aromatic carbocycles. The van der Waals surface area contributed by atoms with Crippen molar-refractivity contribution >= 4 is 12.4 Å². The first kappa shape index (κ1) is 24.4. The fraction of sp³-hybridized carbons (Fsp3) is 0.692. The van der Waals surface area contributed by atoms with Crippen molar-refractivity contribution in [1.82, 2.24) is 0 Å². The van der Waals surface area contributed by atoms with Gasteiger partial charge in [-0.05, 0) is 108 Å². The number of ether oxygens (including phenoxy) is 1. The number of hydrogen-bond donors (Lipinski definition) is 1. The van der Waals surface area contributed by atoms with Gasteiger partial charge < -0.3 is 9.84 Å². The number of carbonyl (C=O) groups excluding carboxylic acids is 1. The summed E-state index contributed by atoms with van der Waals surface area (Å²) in [6.07, 6.45) is 12.6. The molecule has 0 radical (unpaired) electrons. The Bertz CT molecular complexity index is 716. The van der Waals surface area contributed by atoms with Gasteiger partial charge in [-0.2, -0.15) is 0 Å². The van der Waals surface area contributed by atoms with Gasteiger partial charge in [-0.25, -0.2) is 0 Å². The monoisotopic (exact) mass is 416 g/mol. The summed E-state index contributed by atoms with van der Waals surface area (Å²) >= 11 is 0. The molecule has 0 amide bonds. The summed E-state index contributed by atoms with van der Waals surface area (Å²) in [5, 5.41) is 9.20. The number of rotatable bonds is 15. The standard InChI is InChI=1S/C26H40O4/c1-20-18-23(12-8-6-10-14-26(15-16-26)30-19-27)21(2)17-22(20)11-7-5-9-13-25(3,4)24(28)29/h17-19H,5-16H2,1-4H3,(H,28,29). The first-order valence-corrected chi connectivity index (χ1v) is 11.6. The molecule has 4 nitrogen and oxygen atoms in total. The molecule has 1 aliphatic rings. The predicted octanol–water partition coefficient (Wildman–Crippen LogP) is 6.33. The largest absolute Gasteiger partial charge is 0.481 e. The van der Waals surface area contributed by atoms with Crippen LogP contribution in [0.2, 0.25) is 0 Å². The summed E-state index contributed by atoms with van der Waals surface area (Å²) in [5.74, 6) is -0.703. The third kappa shape index (κ3) is 7.45. The number of hydrogen-bond acceptors (Lipinski definition) is 3. The van der Waals surface area contributed by atoms with Gasteiger partial charge in [0.05, 0.1) is 5.41 Å². The number of carbonyl (C=O) groups is 2. The quantitative estimate of drug-likeness (QED) is 0.268. The van der Waals surface area contributed by atoms with E-state index < -0.39 is 11.4 Å². The average Bonchev–Trinajstić information content (AvgIpc) is 3.44. The van der Waals surface area contributed by atoms with E-state index in [9.17, 15) is 14.7 Å². The lowest BCUT2D eigenvalue weighted by molar-refractivity contribution is -0.147. The van der Waals surface area contributed by atoms with Crippen molar-refractivity contribution < 1.29 is 19.4 Å². The number of aliphatic carboxylic acids is 1. The Morgan fingerprint density at radius 2 is 1.53 bits per heavy atom. The lowest BCUT2D eigenvalue weighted by Gasteiger charge is -2.18. The van der Waals surface area contributed by atoms with E-state index in [1.807, 2.05) is 13.8 Å². The van der Waals surface area contributed by atoms with E-state index in [-0.39, 0.29) is 5.60 Å². The Morgan fingerprint density at radius 3 is 2.00 bits per heavy atom. The Kier molecular flexibility index (Phi) is 8.93. The van der Waals surface area contributed by atoms with Gasteiger partial charge in [0.15, 0.2) is 0 Å². The first-order chi connectivity index (χ1) is 14.2. The molecule has 1 fully saturated rings. The molecule has 0 aliphatic heterocycles. The van der Waals surface area contributed by atoms with Crippen molar-refractivity contribution in [1.29, 1.82) is 0 Å². The van der Waals surface area contributed by atoms with E-state index >= 15 is 0 Å². The first-order valence-electron chi connectivity index (χ1n) is 11.6. The lowest BCUT2D eigenvalue weighted by atomic mass is 9.86. The van der Waals surface area contributed by atoms with E-state index in [1.54, 1.807) is 0 Å². The van der Waals surface area contributed by atoms with Crippen molar-refractivity contribution in [3.05, 3.63) is 34.4 Å². The third-order valence-electron chi connectivity index (χ3n) is 6.81. The zero-order valence-electron chi connectivity index (χ0n) is 19.4. The maximum absolute atomic E-state index is 11.2. The Balaban J connectivity index is 1.70. The van der Waals surface area contributed by atoms with Crippen LogP contribution < -0.4 is 0 Å². The van der Waals surface area contributed by atoms with Crippen LogP contribution in [0.1, 0.15) is 100 Å². The van der Waals surface area contributed by atoms with Gasteiger partial charge in [0.1, 0.15) is 5.60 Å². The van der Waals surface area contributed by atoms with Gasteiger partial charge in [-0.1, -0.05) is 31.4 Å². The number of aryl methyl sites for hydroxylation is 4. The van der Waals surface area contributed by atoms with Gasteiger partial charge in [0.2, 0.25) is 0 Å². The zero-order valence-corrected chi connectivity index (χ0v) is 19.4. The molecule has 0 saturated heterocycles. The molecule has 0 unspecified atom stereocenters. The Labute approximate surface area is 182 Å². The van der Waals surface area contributed by atoms with E-state index in [1.165, 1.54) is 35.1 Å². The van der Waals surface area contributed by atoms with Gasteiger partial charge in [0, 0.05) is 0 Å². The second-order valence-corrected chi connectivity index (χ2v) is 9.91. The topological polar surface area (TPSA) is 63.6 Å². The highest BCUT2D eigenvalue weighted by molar-refractivity contribution is 5.73. The average molecular weight is 417 g/mol. The molecule has 1 saturated carbocycles. The molecule has 0 bridgehead atoms. The lowest BCUT2D eigenvalue weighted by Crippen LogP contribution is -2.23. The SMILES string of the molecule is Cc1cc(CCCCCC(C)(C)C(=O)O)c(C)cc1CCCCCC1(OC=O)CC1. The minimum absolute atomic E-state index is 0.112. The molecule has 168 valence electrons. The van der Waals surface area contributed by atoms with E-state index in [0.29, 0.717) is 6.47 Å². The van der Waals surface area contributed by atoms with Crippen LogP contribution >= 0.6 is 0 Å². The number of carboxylic acid groups (broad SMARTS) is 1. The summed E-state index contributed by atoms with van der Waals surface area (Å²) in [6, 6.07) is 4.71. The Morgan fingerprint density at radius 1 is 1.00 bits per heavy atom. The third-order valence-corrected chi connectivity index (χ3v) is 6.81. The molecule has 1 aromatic rings. The summed E-state index contributed by atoms with van der Waals surface area (Å²) in [6.45, 7) is 8.65. The summed E-state index contributed by atoms with van der Waals surface area (Å²) in [5.41, 5.74) is 4.90. The molecule has 0 aromatic heterocycles. The summed E-state index contributed by atoms with van der Waals surface area (Å²) in [4.78, 5) is 21.7. The van der Waals surface area contributed by atoms with Crippen molar-refractivity contribution in [3.8, 4) is 0 Å². The minimum atomic E-state index is -0.703. The van der Waals surface area contributed by atoms with Gasteiger partial charge >= 0.3 is 5.97 Å². The van der Waals surface area contributed by atoms with E-state index in [2.05, 4.69) is 26.0 Å². The maximum Gasteiger partial charge on any atom is 0.309 e. The second kappa shape index (κ2) is 11.0. The molecule has 4 heteroatoms. The second-order valence-electron chi connectivity index (χ2n) is 9.91. The van der Waals surface area contributed by atoms with Crippen LogP contribution in [0.4, 0.5) is 0 Å². The van der Waals surface area contributed by atoms with Gasteiger partial charge in [0.25, 0.3) is 6.47 Å².